The van der Waals surface area contributed by atoms with Crippen molar-refractivity contribution in [2.75, 3.05) is 13.1 Å². The summed E-state index contributed by atoms with van der Waals surface area (Å²) in [5.74, 6) is 1.84. The fourth-order valence-electron chi connectivity index (χ4n) is 2.25. The molecule has 62 valence electrons. The van der Waals surface area contributed by atoms with E-state index in [1.165, 1.54) is 19.5 Å². The Hall–Kier alpha value is -0.300. The maximum absolute atomic E-state index is 2.60. The average molecular weight is 151 g/mol. The highest BCUT2D eigenvalue weighted by Gasteiger charge is 2.33. The molecule has 1 saturated heterocycles. The van der Waals surface area contributed by atoms with Crippen LogP contribution in [-0.4, -0.2) is 24.0 Å². The zero-order valence-corrected chi connectivity index (χ0v) is 7.46. The van der Waals surface area contributed by atoms with E-state index in [1.54, 1.807) is 0 Å². The van der Waals surface area contributed by atoms with Crippen LogP contribution in [0.4, 0.5) is 0 Å². The number of likely N-dealkylation sites (tertiary alicyclic amines) is 1. The molecule has 1 heteroatoms. The predicted octanol–water partition coefficient (Wildman–Crippen LogP) is 1.90. The highest BCUT2D eigenvalue weighted by molar-refractivity contribution is 5.06. The molecule has 2 atom stereocenters. The first-order valence-electron chi connectivity index (χ1n) is 4.68. The van der Waals surface area contributed by atoms with Gasteiger partial charge in [-0.1, -0.05) is 12.2 Å². The Balaban J connectivity index is 1.99. The molecule has 0 aromatic heterocycles. The van der Waals surface area contributed by atoms with Crippen molar-refractivity contribution in [1.29, 1.82) is 0 Å². The number of hydrogen-bond acceptors (Lipinski definition) is 1. The summed E-state index contributed by atoms with van der Waals surface area (Å²) in [4.78, 5) is 2.60. The molecule has 1 heterocycles. The molecule has 11 heavy (non-hydrogen) atoms. The smallest absolute Gasteiger partial charge is 0.00504 e. The summed E-state index contributed by atoms with van der Waals surface area (Å²) in [6.07, 6.45) is 6.09. The Labute approximate surface area is 69.1 Å². The van der Waals surface area contributed by atoms with Gasteiger partial charge in [-0.3, -0.25) is 0 Å². The van der Waals surface area contributed by atoms with Crippen LogP contribution in [-0.2, 0) is 0 Å². The van der Waals surface area contributed by atoms with Crippen LogP contribution >= 0.6 is 0 Å². The van der Waals surface area contributed by atoms with E-state index in [1.807, 2.05) is 0 Å². The number of nitrogens with zero attached hydrogens (tertiary/aromatic N) is 1. The van der Waals surface area contributed by atoms with Gasteiger partial charge in [0.05, 0.1) is 0 Å². The molecular formula is C10H17N. The summed E-state index contributed by atoms with van der Waals surface area (Å²) in [6.45, 7) is 7.23. The molecule has 0 saturated carbocycles. The third kappa shape index (κ3) is 1.22. The topological polar surface area (TPSA) is 3.24 Å². The number of allylic oxidation sites excluding steroid dienone is 1. The summed E-state index contributed by atoms with van der Waals surface area (Å²) in [5, 5.41) is 0. The molecule has 0 unspecified atom stereocenters. The minimum Gasteiger partial charge on any atom is -0.300 e. The van der Waals surface area contributed by atoms with Gasteiger partial charge < -0.3 is 4.90 Å². The van der Waals surface area contributed by atoms with Crippen LogP contribution < -0.4 is 0 Å². The Morgan fingerprint density at radius 1 is 1.36 bits per heavy atom. The lowest BCUT2D eigenvalue weighted by Gasteiger charge is -2.20. The van der Waals surface area contributed by atoms with Crippen LogP contribution in [0.2, 0.25) is 0 Å². The van der Waals surface area contributed by atoms with Gasteiger partial charge in [0.15, 0.2) is 0 Å². The SMILES string of the molecule is CC(C)N1C[C@@H]2CC=C[C@@H]2C1. The van der Waals surface area contributed by atoms with E-state index < -0.39 is 0 Å². The fourth-order valence-corrected chi connectivity index (χ4v) is 2.25. The Bertz CT molecular complexity index is 172. The van der Waals surface area contributed by atoms with E-state index in [9.17, 15) is 0 Å². The zero-order chi connectivity index (χ0) is 7.84. The molecule has 1 nitrogen and oxygen atoms in total. The molecule has 1 fully saturated rings. The Morgan fingerprint density at radius 2 is 2.18 bits per heavy atom. The normalized spacial score (nSPS) is 37.0. The van der Waals surface area contributed by atoms with Crippen LogP contribution in [0.3, 0.4) is 0 Å². The van der Waals surface area contributed by atoms with Crippen molar-refractivity contribution in [1.82, 2.24) is 4.90 Å². The average Bonchev–Trinajstić information content (AvgIpc) is 2.40. The molecule has 0 aromatic rings. The van der Waals surface area contributed by atoms with Gasteiger partial charge in [-0.25, -0.2) is 0 Å². The first kappa shape index (κ1) is 7.35. The number of rotatable bonds is 1. The monoisotopic (exact) mass is 151 g/mol. The lowest BCUT2D eigenvalue weighted by atomic mass is 10.0. The summed E-state index contributed by atoms with van der Waals surface area (Å²) >= 11 is 0. The molecule has 0 amide bonds. The minimum absolute atomic E-state index is 0.744. The van der Waals surface area contributed by atoms with Crippen molar-refractivity contribution in [3.8, 4) is 0 Å². The lowest BCUT2D eigenvalue weighted by Crippen LogP contribution is -2.28. The maximum atomic E-state index is 2.60. The first-order valence-corrected chi connectivity index (χ1v) is 4.68. The maximum Gasteiger partial charge on any atom is 0.00504 e. The summed E-state index contributed by atoms with van der Waals surface area (Å²) in [5.41, 5.74) is 0. The van der Waals surface area contributed by atoms with Crippen molar-refractivity contribution in [2.45, 2.75) is 26.3 Å². The second-order valence-electron chi connectivity index (χ2n) is 4.14. The van der Waals surface area contributed by atoms with Crippen molar-refractivity contribution in [2.24, 2.45) is 11.8 Å². The second-order valence-corrected chi connectivity index (χ2v) is 4.14. The van der Waals surface area contributed by atoms with E-state index in [0.29, 0.717) is 0 Å². The molecule has 0 spiro atoms. The lowest BCUT2D eigenvalue weighted by molar-refractivity contribution is 0.262. The van der Waals surface area contributed by atoms with Crippen molar-refractivity contribution in [3.63, 3.8) is 0 Å². The van der Waals surface area contributed by atoms with Gasteiger partial charge in [-0.2, -0.15) is 0 Å². The molecule has 0 aromatic carbocycles. The van der Waals surface area contributed by atoms with Gasteiger partial charge in [-0.15, -0.1) is 0 Å². The highest BCUT2D eigenvalue weighted by Crippen LogP contribution is 2.33. The van der Waals surface area contributed by atoms with E-state index in [4.69, 9.17) is 0 Å². The van der Waals surface area contributed by atoms with E-state index in [0.717, 1.165) is 17.9 Å². The molecule has 0 bridgehead atoms. The molecular weight excluding hydrogens is 134 g/mol. The van der Waals surface area contributed by atoms with Crippen LogP contribution in [0.1, 0.15) is 20.3 Å². The molecule has 1 aliphatic carbocycles. The highest BCUT2D eigenvalue weighted by atomic mass is 15.2. The van der Waals surface area contributed by atoms with Crippen molar-refractivity contribution >= 4 is 0 Å². The number of hydrogen-bond donors (Lipinski definition) is 0. The van der Waals surface area contributed by atoms with Crippen LogP contribution in [0.5, 0.6) is 0 Å². The van der Waals surface area contributed by atoms with Crippen LogP contribution in [0.15, 0.2) is 12.2 Å². The van der Waals surface area contributed by atoms with Crippen molar-refractivity contribution < 1.29 is 0 Å². The standard InChI is InChI=1S/C10H17N/c1-8(2)11-6-9-4-3-5-10(9)7-11/h3-4,8-10H,5-7H2,1-2H3/t9-,10+/m1/s1. The van der Waals surface area contributed by atoms with Crippen LogP contribution in [0, 0.1) is 11.8 Å². The Kier molecular flexibility index (Phi) is 1.76. The summed E-state index contributed by atoms with van der Waals surface area (Å²) < 4.78 is 0. The quantitative estimate of drug-likeness (QED) is 0.517. The minimum atomic E-state index is 0.744. The Morgan fingerprint density at radius 3 is 2.82 bits per heavy atom. The van der Waals surface area contributed by atoms with Gasteiger partial charge in [-0.05, 0) is 32.1 Å². The molecule has 1 aliphatic heterocycles. The predicted molar refractivity (Wildman–Crippen MR) is 47.4 cm³/mol. The van der Waals surface area contributed by atoms with Crippen LogP contribution in [0.25, 0.3) is 0 Å². The van der Waals surface area contributed by atoms with Gasteiger partial charge in [0.2, 0.25) is 0 Å². The molecule has 2 aliphatic rings. The zero-order valence-electron chi connectivity index (χ0n) is 7.46. The van der Waals surface area contributed by atoms with Gasteiger partial charge in [0, 0.05) is 19.1 Å². The van der Waals surface area contributed by atoms with E-state index >= 15 is 0 Å². The van der Waals surface area contributed by atoms with Gasteiger partial charge >= 0.3 is 0 Å². The van der Waals surface area contributed by atoms with E-state index in [-0.39, 0.29) is 0 Å². The van der Waals surface area contributed by atoms with Gasteiger partial charge in [0.1, 0.15) is 0 Å². The fraction of sp³-hybridized carbons (Fsp3) is 0.800. The third-order valence-electron chi connectivity index (χ3n) is 3.07. The summed E-state index contributed by atoms with van der Waals surface area (Å²) in [7, 11) is 0. The summed E-state index contributed by atoms with van der Waals surface area (Å²) in [6, 6.07) is 0.744. The molecule has 2 rings (SSSR count). The van der Waals surface area contributed by atoms with Crippen molar-refractivity contribution in [3.05, 3.63) is 12.2 Å². The largest absolute Gasteiger partial charge is 0.300 e. The second kappa shape index (κ2) is 2.63. The van der Waals surface area contributed by atoms with E-state index in [2.05, 4.69) is 30.9 Å². The third-order valence-corrected chi connectivity index (χ3v) is 3.07. The molecule has 0 N–H and O–H groups in total. The number of fused-ring (bicyclic) bond motifs is 1. The first-order chi connectivity index (χ1) is 5.27. The molecule has 0 radical (unpaired) electrons. The van der Waals surface area contributed by atoms with Gasteiger partial charge in [0.25, 0.3) is 0 Å².